The number of aromatic nitrogens is 2. The molecule has 1 aromatic heterocycles. The van der Waals surface area contributed by atoms with Crippen molar-refractivity contribution >= 4 is 23.6 Å². The lowest BCUT2D eigenvalue weighted by Crippen LogP contribution is -2.28. The van der Waals surface area contributed by atoms with Crippen molar-refractivity contribution in [3.8, 4) is 11.8 Å². The van der Waals surface area contributed by atoms with Gasteiger partial charge in [0.2, 0.25) is 11.7 Å². The quantitative estimate of drug-likeness (QED) is 0.395. The molecule has 1 aromatic rings. The molecule has 0 bridgehead atoms. The number of rotatable bonds is 9. The number of hydrogen-bond acceptors (Lipinski definition) is 6. The molecule has 3 N–H and O–H groups in total. The molecule has 0 saturated heterocycles. The van der Waals surface area contributed by atoms with Gasteiger partial charge in [0.1, 0.15) is 6.04 Å². The molecule has 9 heteroatoms. The Morgan fingerprint density at radius 2 is 2.04 bits per heavy atom. The molecular formula is C15H19N5O4. The lowest BCUT2D eigenvalue weighted by Gasteiger charge is -2.03. The van der Waals surface area contributed by atoms with Crippen LogP contribution in [0.2, 0.25) is 0 Å². The lowest BCUT2D eigenvalue weighted by atomic mass is 10.4. The van der Waals surface area contributed by atoms with Gasteiger partial charge in [0.15, 0.2) is 5.82 Å². The van der Waals surface area contributed by atoms with Gasteiger partial charge in [-0.3, -0.25) is 19.7 Å². The summed E-state index contributed by atoms with van der Waals surface area (Å²) in [6.07, 6.45) is 1.90. The van der Waals surface area contributed by atoms with Crippen LogP contribution in [0.5, 0.6) is 0 Å². The van der Waals surface area contributed by atoms with Gasteiger partial charge >= 0.3 is 5.97 Å². The fourth-order valence-corrected chi connectivity index (χ4v) is 1.88. The second-order valence-electron chi connectivity index (χ2n) is 5.12. The fraction of sp³-hybridized carbons (Fsp3) is 0.467. The predicted molar refractivity (Wildman–Crippen MR) is 85.0 cm³/mol. The number of ether oxygens (including phenoxy) is 1. The van der Waals surface area contributed by atoms with Gasteiger partial charge in [-0.25, -0.2) is 4.98 Å². The second-order valence-corrected chi connectivity index (χ2v) is 5.12. The van der Waals surface area contributed by atoms with Crippen molar-refractivity contribution in [2.24, 2.45) is 7.05 Å². The Morgan fingerprint density at radius 1 is 1.29 bits per heavy atom. The van der Waals surface area contributed by atoms with Crippen LogP contribution in [0, 0.1) is 11.8 Å². The van der Waals surface area contributed by atoms with E-state index in [9.17, 15) is 14.4 Å². The number of hydrogen-bond donors (Lipinski definition) is 3. The third-order valence-corrected chi connectivity index (χ3v) is 3.18. The Balaban J connectivity index is 1.78. The molecule has 0 fully saturated rings. The number of carbonyl (C=O) groups excluding carboxylic acids is 3. The molecule has 1 aliphatic carbocycles. The minimum Gasteiger partial charge on any atom is -0.469 e. The summed E-state index contributed by atoms with van der Waals surface area (Å²) in [6.45, 7) is 0.652. The van der Waals surface area contributed by atoms with Crippen molar-refractivity contribution in [3.63, 3.8) is 0 Å². The van der Waals surface area contributed by atoms with E-state index in [4.69, 9.17) is 0 Å². The van der Waals surface area contributed by atoms with Gasteiger partial charge in [-0.05, 0) is 0 Å². The van der Waals surface area contributed by atoms with E-state index in [1.165, 1.54) is 11.7 Å². The molecule has 0 radical (unpaired) electrons. The predicted octanol–water partition coefficient (Wildman–Crippen LogP) is -0.983. The number of amides is 2. The summed E-state index contributed by atoms with van der Waals surface area (Å²) in [4.78, 5) is 38.9. The van der Waals surface area contributed by atoms with E-state index in [2.05, 4.69) is 37.5 Å². The van der Waals surface area contributed by atoms with Crippen LogP contribution in [0.3, 0.4) is 0 Å². The highest BCUT2D eigenvalue weighted by atomic mass is 16.5. The molecular weight excluding hydrogens is 314 g/mol. The van der Waals surface area contributed by atoms with Crippen molar-refractivity contribution in [3.05, 3.63) is 12.0 Å². The molecule has 9 nitrogen and oxygen atoms in total. The van der Waals surface area contributed by atoms with Gasteiger partial charge in [0.05, 0.1) is 13.5 Å². The van der Waals surface area contributed by atoms with Crippen molar-refractivity contribution in [2.75, 3.05) is 25.5 Å². The minimum atomic E-state index is -0.436. The molecule has 0 saturated carbocycles. The zero-order chi connectivity index (χ0) is 17.5. The van der Waals surface area contributed by atoms with Crippen LogP contribution < -0.4 is 16.0 Å². The average Bonchev–Trinajstić information content (AvgIpc) is 3.29. The van der Waals surface area contributed by atoms with Crippen LogP contribution in [-0.4, -0.2) is 53.6 Å². The van der Waals surface area contributed by atoms with Gasteiger partial charge in [-0.2, -0.15) is 0 Å². The highest BCUT2D eigenvalue weighted by molar-refractivity contribution is 5.93. The summed E-state index contributed by atoms with van der Waals surface area (Å²) >= 11 is 0. The summed E-state index contributed by atoms with van der Waals surface area (Å²) < 4.78 is 5.99. The molecule has 2 amide bonds. The number of carbonyl (C=O) groups is 3. The Kier molecular flexibility index (Phi) is 5.92. The van der Waals surface area contributed by atoms with Gasteiger partial charge in [-0.15, -0.1) is 0 Å². The molecule has 1 aliphatic rings. The number of imidazole rings is 1. The highest BCUT2D eigenvalue weighted by Crippen LogP contribution is 2.07. The number of nitrogens with zero attached hydrogens (tertiary/aromatic N) is 2. The van der Waals surface area contributed by atoms with Crippen molar-refractivity contribution in [1.29, 1.82) is 0 Å². The van der Waals surface area contributed by atoms with Gasteiger partial charge < -0.3 is 19.9 Å². The van der Waals surface area contributed by atoms with Crippen LogP contribution >= 0.6 is 0 Å². The molecule has 0 atom stereocenters. The number of aryl methyl sites for hydroxylation is 1. The Bertz CT molecular complexity index is 692. The fourth-order valence-electron chi connectivity index (χ4n) is 1.88. The zero-order valence-electron chi connectivity index (χ0n) is 13.5. The third kappa shape index (κ3) is 5.40. The van der Waals surface area contributed by atoms with Crippen LogP contribution in [0.1, 0.15) is 23.5 Å². The average molecular weight is 333 g/mol. The number of nitrogens with one attached hydrogen (secondary N) is 3. The van der Waals surface area contributed by atoms with Gasteiger partial charge in [-0.1, -0.05) is 11.8 Å². The van der Waals surface area contributed by atoms with Gasteiger partial charge in [0.25, 0.3) is 5.91 Å². The summed E-state index contributed by atoms with van der Waals surface area (Å²) in [6, 6.07) is 0.0629. The molecule has 128 valence electrons. The summed E-state index contributed by atoms with van der Waals surface area (Å²) in [5, 5.41) is 8.23. The maximum absolute atomic E-state index is 12.0. The molecule has 1 heterocycles. The first-order valence-electron chi connectivity index (χ1n) is 7.42. The van der Waals surface area contributed by atoms with E-state index < -0.39 is 11.9 Å². The Hall–Kier alpha value is -2.86. The summed E-state index contributed by atoms with van der Waals surface area (Å²) in [5.41, 5.74) is 0. The SMILES string of the molecule is COC(=O)CCNC(=O)c1nc(NC(=O)CCNC2C#C2)cn1C. The minimum absolute atomic E-state index is 0.0629. The zero-order valence-corrected chi connectivity index (χ0v) is 13.5. The highest BCUT2D eigenvalue weighted by Gasteiger charge is 2.16. The number of anilines is 1. The molecule has 2 rings (SSSR count). The van der Waals surface area contributed by atoms with Gasteiger partial charge in [0, 0.05) is 32.8 Å². The lowest BCUT2D eigenvalue weighted by molar-refractivity contribution is -0.140. The van der Waals surface area contributed by atoms with Crippen LogP contribution in [0.4, 0.5) is 5.82 Å². The Labute approximate surface area is 139 Å². The Morgan fingerprint density at radius 3 is 2.71 bits per heavy atom. The summed E-state index contributed by atoms with van der Waals surface area (Å²) in [7, 11) is 2.93. The smallest absolute Gasteiger partial charge is 0.307 e. The molecule has 0 aliphatic heterocycles. The topological polar surface area (TPSA) is 114 Å². The van der Waals surface area contributed by atoms with Crippen molar-refractivity contribution < 1.29 is 19.1 Å². The molecule has 0 unspecified atom stereocenters. The van der Waals surface area contributed by atoms with Crippen LogP contribution in [0.25, 0.3) is 0 Å². The maximum atomic E-state index is 12.0. The van der Waals surface area contributed by atoms with E-state index in [-0.39, 0.29) is 37.2 Å². The number of esters is 1. The largest absolute Gasteiger partial charge is 0.469 e. The van der Waals surface area contributed by atoms with Crippen LogP contribution in [-0.2, 0) is 21.4 Å². The maximum Gasteiger partial charge on any atom is 0.307 e. The third-order valence-electron chi connectivity index (χ3n) is 3.18. The van der Waals surface area contributed by atoms with E-state index in [0.717, 1.165) is 0 Å². The summed E-state index contributed by atoms with van der Waals surface area (Å²) in [5.74, 6) is 5.03. The monoisotopic (exact) mass is 333 g/mol. The molecule has 24 heavy (non-hydrogen) atoms. The normalized spacial score (nSPS) is 12.1. The van der Waals surface area contributed by atoms with E-state index >= 15 is 0 Å². The first-order chi connectivity index (χ1) is 11.5. The first-order valence-corrected chi connectivity index (χ1v) is 7.42. The van der Waals surface area contributed by atoms with E-state index in [1.807, 2.05) is 0 Å². The molecule has 0 aromatic carbocycles. The van der Waals surface area contributed by atoms with Crippen LogP contribution in [0.15, 0.2) is 6.20 Å². The molecule has 0 spiro atoms. The second kappa shape index (κ2) is 8.12. The van der Waals surface area contributed by atoms with E-state index in [1.54, 1.807) is 13.2 Å². The number of methoxy groups -OCH3 is 1. The van der Waals surface area contributed by atoms with Crippen molar-refractivity contribution in [1.82, 2.24) is 20.2 Å². The van der Waals surface area contributed by atoms with Crippen molar-refractivity contribution in [2.45, 2.75) is 18.9 Å². The van der Waals surface area contributed by atoms with E-state index in [0.29, 0.717) is 12.4 Å². The first kappa shape index (κ1) is 17.5. The standard InChI is InChI=1S/C15H19N5O4/c1-20-9-11(18-12(21)5-7-16-10-3-4-10)19-14(20)15(23)17-8-6-13(22)24-2/h9-10,16H,5-8H2,1-2H3,(H,17,23)(H,18,21).